The lowest BCUT2D eigenvalue weighted by molar-refractivity contribution is -0.128. The van der Waals surface area contributed by atoms with Gasteiger partial charge in [0.25, 0.3) is 0 Å². The summed E-state index contributed by atoms with van der Waals surface area (Å²) in [6.45, 7) is 4.99. The molecule has 2 rings (SSSR count). The van der Waals surface area contributed by atoms with Crippen LogP contribution >= 0.6 is 0 Å². The van der Waals surface area contributed by atoms with E-state index in [0.717, 1.165) is 37.1 Å². The van der Waals surface area contributed by atoms with Gasteiger partial charge in [-0.1, -0.05) is 19.1 Å². The fourth-order valence-corrected chi connectivity index (χ4v) is 2.79. The number of carbonyl (C=O) groups is 1. The first-order valence-electron chi connectivity index (χ1n) is 7.31. The predicted molar refractivity (Wildman–Crippen MR) is 79.8 cm³/mol. The van der Waals surface area contributed by atoms with Gasteiger partial charge in [-0.05, 0) is 50.4 Å². The van der Waals surface area contributed by atoms with Gasteiger partial charge in [-0.25, -0.2) is 0 Å². The van der Waals surface area contributed by atoms with E-state index < -0.39 is 0 Å². The number of nitrogens with one attached hydrogen (secondary N) is 2. The highest BCUT2D eigenvalue weighted by molar-refractivity contribution is 5.87. The molecule has 4 nitrogen and oxygen atoms in total. The van der Waals surface area contributed by atoms with E-state index in [1.54, 1.807) is 7.11 Å². The van der Waals surface area contributed by atoms with Gasteiger partial charge in [0.15, 0.2) is 0 Å². The van der Waals surface area contributed by atoms with Crippen molar-refractivity contribution in [3.8, 4) is 5.75 Å². The lowest BCUT2D eigenvalue weighted by atomic mass is 9.92. The molecule has 1 saturated heterocycles. The van der Waals surface area contributed by atoms with E-state index in [2.05, 4.69) is 17.6 Å². The van der Waals surface area contributed by atoms with Crippen molar-refractivity contribution < 1.29 is 9.53 Å². The van der Waals surface area contributed by atoms with Gasteiger partial charge < -0.3 is 15.4 Å². The maximum atomic E-state index is 12.5. The third kappa shape index (κ3) is 2.96. The van der Waals surface area contributed by atoms with Gasteiger partial charge in [-0.3, -0.25) is 4.79 Å². The summed E-state index contributed by atoms with van der Waals surface area (Å²) < 4.78 is 5.23. The third-order valence-corrected chi connectivity index (χ3v) is 4.22. The zero-order valence-electron chi connectivity index (χ0n) is 12.5. The van der Waals surface area contributed by atoms with Crippen LogP contribution in [0.4, 0.5) is 0 Å². The first kappa shape index (κ1) is 14.9. The molecule has 2 atom stereocenters. The molecular formula is C16H24N2O2. The van der Waals surface area contributed by atoms with E-state index >= 15 is 0 Å². The van der Waals surface area contributed by atoms with Crippen LogP contribution in [0.1, 0.15) is 44.7 Å². The van der Waals surface area contributed by atoms with E-state index in [9.17, 15) is 4.79 Å². The molecule has 1 aromatic rings. The molecule has 0 saturated carbocycles. The fraction of sp³-hybridized carbons (Fsp3) is 0.562. The van der Waals surface area contributed by atoms with Crippen LogP contribution in [0.25, 0.3) is 0 Å². The standard InChI is InChI=1S/C16H24N2O2/c1-4-16(9-6-10-17-16)15(19)18-12(2)13-7-5-8-14(11-13)20-3/h5,7-8,11-12,17H,4,6,9-10H2,1-3H3,(H,18,19). The molecule has 1 heterocycles. The lowest BCUT2D eigenvalue weighted by Crippen LogP contribution is -2.53. The molecule has 1 aliphatic heterocycles. The molecule has 0 radical (unpaired) electrons. The van der Waals surface area contributed by atoms with E-state index in [1.165, 1.54) is 0 Å². The molecule has 110 valence electrons. The molecule has 1 fully saturated rings. The van der Waals surface area contributed by atoms with Crippen LogP contribution in [-0.2, 0) is 4.79 Å². The Morgan fingerprint density at radius 3 is 2.95 bits per heavy atom. The Bertz CT molecular complexity index is 467. The van der Waals surface area contributed by atoms with Crippen molar-refractivity contribution in [2.24, 2.45) is 0 Å². The SMILES string of the molecule is CCC1(C(=O)NC(C)c2cccc(OC)c2)CCCN1. The van der Waals surface area contributed by atoms with Crippen molar-refractivity contribution >= 4 is 5.91 Å². The first-order chi connectivity index (χ1) is 9.61. The number of hydrogen-bond donors (Lipinski definition) is 2. The van der Waals surface area contributed by atoms with Crippen LogP contribution in [0, 0.1) is 0 Å². The molecular weight excluding hydrogens is 252 g/mol. The zero-order valence-corrected chi connectivity index (χ0v) is 12.5. The predicted octanol–water partition coefficient (Wildman–Crippen LogP) is 2.40. The van der Waals surface area contributed by atoms with Gasteiger partial charge in [-0.15, -0.1) is 0 Å². The fourth-order valence-electron chi connectivity index (χ4n) is 2.79. The van der Waals surface area contributed by atoms with Gasteiger partial charge >= 0.3 is 0 Å². The number of rotatable bonds is 5. The van der Waals surface area contributed by atoms with Crippen LogP contribution in [0.3, 0.4) is 0 Å². The molecule has 1 aliphatic rings. The average molecular weight is 276 g/mol. The molecule has 0 spiro atoms. The Morgan fingerprint density at radius 1 is 1.55 bits per heavy atom. The molecule has 4 heteroatoms. The van der Waals surface area contributed by atoms with Crippen molar-refractivity contribution in [2.45, 2.75) is 44.7 Å². The first-order valence-corrected chi connectivity index (χ1v) is 7.31. The molecule has 2 N–H and O–H groups in total. The lowest BCUT2D eigenvalue weighted by Gasteiger charge is -2.28. The summed E-state index contributed by atoms with van der Waals surface area (Å²) in [5.41, 5.74) is 0.676. The van der Waals surface area contributed by atoms with Crippen molar-refractivity contribution in [3.63, 3.8) is 0 Å². The highest BCUT2D eigenvalue weighted by Crippen LogP contribution is 2.25. The molecule has 0 aromatic heterocycles. The van der Waals surface area contributed by atoms with E-state index in [-0.39, 0.29) is 17.5 Å². The number of amides is 1. The summed E-state index contributed by atoms with van der Waals surface area (Å²) >= 11 is 0. The summed E-state index contributed by atoms with van der Waals surface area (Å²) in [6, 6.07) is 7.80. The molecule has 0 aliphatic carbocycles. The van der Waals surface area contributed by atoms with Crippen molar-refractivity contribution in [1.82, 2.24) is 10.6 Å². The number of hydrogen-bond acceptors (Lipinski definition) is 3. The zero-order chi connectivity index (χ0) is 14.6. The maximum Gasteiger partial charge on any atom is 0.240 e. The summed E-state index contributed by atoms with van der Waals surface area (Å²) in [4.78, 5) is 12.5. The minimum Gasteiger partial charge on any atom is -0.497 e. The van der Waals surface area contributed by atoms with Gasteiger partial charge in [0.05, 0.1) is 18.7 Å². The second-order valence-electron chi connectivity index (χ2n) is 5.44. The Morgan fingerprint density at radius 2 is 2.35 bits per heavy atom. The quantitative estimate of drug-likeness (QED) is 0.868. The van der Waals surface area contributed by atoms with E-state index in [4.69, 9.17) is 4.74 Å². The van der Waals surface area contributed by atoms with Crippen LogP contribution < -0.4 is 15.4 Å². The van der Waals surface area contributed by atoms with Crippen molar-refractivity contribution in [3.05, 3.63) is 29.8 Å². The van der Waals surface area contributed by atoms with Gasteiger partial charge in [0.2, 0.25) is 5.91 Å². The van der Waals surface area contributed by atoms with Crippen LogP contribution in [0.5, 0.6) is 5.75 Å². The summed E-state index contributed by atoms with van der Waals surface area (Å²) in [5.74, 6) is 0.917. The Labute approximate surface area is 120 Å². The monoisotopic (exact) mass is 276 g/mol. The Kier molecular flexibility index (Phi) is 4.65. The van der Waals surface area contributed by atoms with Gasteiger partial charge in [-0.2, -0.15) is 0 Å². The van der Waals surface area contributed by atoms with Crippen LogP contribution in [0.15, 0.2) is 24.3 Å². The topological polar surface area (TPSA) is 50.4 Å². The second kappa shape index (κ2) is 6.27. The molecule has 0 bridgehead atoms. The Hall–Kier alpha value is -1.55. The van der Waals surface area contributed by atoms with Crippen molar-refractivity contribution in [2.75, 3.05) is 13.7 Å². The summed E-state index contributed by atoms with van der Waals surface area (Å²) in [6.07, 6.45) is 2.80. The maximum absolute atomic E-state index is 12.5. The van der Waals surface area contributed by atoms with Crippen LogP contribution in [0.2, 0.25) is 0 Å². The number of carbonyl (C=O) groups excluding carboxylic acids is 1. The van der Waals surface area contributed by atoms with Crippen LogP contribution in [-0.4, -0.2) is 25.1 Å². The van der Waals surface area contributed by atoms with Gasteiger partial charge in [0, 0.05) is 0 Å². The number of methoxy groups -OCH3 is 1. The average Bonchev–Trinajstić information content (AvgIpc) is 2.97. The minimum atomic E-state index is -0.382. The van der Waals surface area contributed by atoms with Gasteiger partial charge in [0.1, 0.15) is 5.75 Å². The molecule has 2 unspecified atom stereocenters. The highest BCUT2D eigenvalue weighted by atomic mass is 16.5. The Balaban J connectivity index is 2.06. The number of benzene rings is 1. The normalized spacial score (nSPS) is 23.4. The molecule has 1 amide bonds. The largest absolute Gasteiger partial charge is 0.497 e. The second-order valence-corrected chi connectivity index (χ2v) is 5.44. The smallest absolute Gasteiger partial charge is 0.240 e. The highest BCUT2D eigenvalue weighted by Gasteiger charge is 2.39. The van der Waals surface area contributed by atoms with E-state index in [1.807, 2.05) is 31.2 Å². The van der Waals surface area contributed by atoms with Crippen molar-refractivity contribution in [1.29, 1.82) is 0 Å². The number of ether oxygens (including phenoxy) is 1. The summed E-state index contributed by atoms with van der Waals surface area (Å²) in [7, 11) is 1.65. The molecule has 1 aromatic carbocycles. The minimum absolute atomic E-state index is 0.0246. The summed E-state index contributed by atoms with van der Waals surface area (Å²) in [5, 5.41) is 6.49. The third-order valence-electron chi connectivity index (χ3n) is 4.22. The molecule has 20 heavy (non-hydrogen) atoms. The van der Waals surface area contributed by atoms with E-state index in [0.29, 0.717) is 0 Å².